The summed E-state index contributed by atoms with van der Waals surface area (Å²) in [6.07, 6.45) is 9.19. The summed E-state index contributed by atoms with van der Waals surface area (Å²) in [5.74, 6) is 3.20. The molecule has 1 aromatic heterocycles. The molecule has 1 N–H and O–H groups in total. The van der Waals surface area contributed by atoms with Crippen molar-refractivity contribution in [3.05, 3.63) is 22.4 Å². The second-order valence-electron chi connectivity index (χ2n) is 7.51. The summed E-state index contributed by atoms with van der Waals surface area (Å²) in [4.78, 5) is 0. The Morgan fingerprint density at radius 1 is 1.21 bits per heavy atom. The largest absolute Gasteiger partial charge is 0.310 e. The lowest BCUT2D eigenvalue weighted by Crippen LogP contribution is -2.54. The van der Waals surface area contributed by atoms with Crippen LogP contribution in [0.2, 0.25) is 0 Å². The minimum atomic E-state index is 0.644. The summed E-state index contributed by atoms with van der Waals surface area (Å²) in [6, 6.07) is 2.95. The van der Waals surface area contributed by atoms with Crippen LogP contribution in [0.5, 0.6) is 0 Å². The van der Waals surface area contributed by atoms with E-state index in [4.69, 9.17) is 0 Å². The molecule has 1 unspecified atom stereocenters. The molecule has 0 aliphatic heterocycles. The maximum atomic E-state index is 3.85. The van der Waals surface area contributed by atoms with Crippen molar-refractivity contribution < 1.29 is 0 Å². The predicted octanol–water partition coefficient (Wildman–Crippen LogP) is 4.44. The zero-order valence-electron chi connectivity index (χ0n) is 11.9. The Balaban J connectivity index is 1.45. The molecule has 4 bridgehead atoms. The maximum Gasteiger partial charge on any atom is 0.0216 e. The van der Waals surface area contributed by atoms with Gasteiger partial charge in [0.1, 0.15) is 0 Å². The SMILES string of the molecule is CC(NCc1ccsc1)C12CC3CC(CC(C3)C1)C2. The Hall–Kier alpha value is -0.340. The van der Waals surface area contributed by atoms with Gasteiger partial charge in [0.25, 0.3) is 0 Å². The van der Waals surface area contributed by atoms with Crippen molar-refractivity contribution in [1.82, 2.24) is 5.32 Å². The van der Waals surface area contributed by atoms with Gasteiger partial charge in [-0.3, -0.25) is 0 Å². The lowest BCUT2D eigenvalue weighted by atomic mass is 9.48. The van der Waals surface area contributed by atoms with Gasteiger partial charge < -0.3 is 5.32 Å². The molecule has 4 saturated carbocycles. The van der Waals surface area contributed by atoms with Crippen molar-refractivity contribution in [2.75, 3.05) is 0 Å². The molecular weight excluding hydrogens is 250 g/mol. The summed E-state index contributed by atoms with van der Waals surface area (Å²) >= 11 is 1.81. The first-order valence-corrected chi connectivity index (χ1v) is 8.92. The number of hydrogen-bond acceptors (Lipinski definition) is 2. The highest BCUT2D eigenvalue weighted by Gasteiger charge is 2.52. The number of thiophene rings is 1. The van der Waals surface area contributed by atoms with E-state index in [0.29, 0.717) is 11.5 Å². The third-order valence-corrected chi connectivity index (χ3v) is 6.93. The maximum absolute atomic E-state index is 3.85. The van der Waals surface area contributed by atoms with Gasteiger partial charge in [0.15, 0.2) is 0 Å². The van der Waals surface area contributed by atoms with Crippen LogP contribution >= 0.6 is 11.3 Å². The van der Waals surface area contributed by atoms with Crippen LogP contribution in [0.1, 0.15) is 51.0 Å². The number of rotatable bonds is 4. The number of nitrogens with one attached hydrogen (secondary N) is 1. The average Bonchev–Trinajstić information content (AvgIpc) is 2.87. The van der Waals surface area contributed by atoms with Gasteiger partial charge in [0.2, 0.25) is 0 Å². The van der Waals surface area contributed by atoms with E-state index in [1.807, 2.05) is 11.3 Å². The molecule has 19 heavy (non-hydrogen) atoms. The van der Waals surface area contributed by atoms with Gasteiger partial charge in [-0.25, -0.2) is 0 Å². The molecular formula is C17H25NS. The van der Waals surface area contributed by atoms with Crippen LogP contribution in [0.15, 0.2) is 16.8 Å². The topological polar surface area (TPSA) is 12.0 Å². The van der Waals surface area contributed by atoms with Crippen molar-refractivity contribution in [2.45, 2.75) is 58.0 Å². The highest BCUT2D eigenvalue weighted by atomic mass is 32.1. The predicted molar refractivity (Wildman–Crippen MR) is 81.2 cm³/mol. The van der Waals surface area contributed by atoms with E-state index in [-0.39, 0.29) is 0 Å². The average molecular weight is 275 g/mol. The molecule has 1 nitrogen and oxygen atoms in total. The lowest BCUT2D eigenvalue weighted by Gasteiger charge is -2.59. The summed E-state index contributed by atoms with van der Waals surface area (Å²) in [5.41, 5.74) is 2.10. The molecule has 4 aliphatic rings. The molecule has 4 fully saturated rings. The van der Waals surface area contributed by atoms with Gasteiger partial charge >= 0.3 is 0 Å². The van der Waals surface area contributed by atoms with Gasteiger partial charge in [-0.1, -0.05) is 0 Å². The molecule has 5 rings (SSSR count). The first-order valence-electron chi connectivity index (χ1n) is 7.98. The Kier molecular flexibility index (Phi) is 3.00. The van der Waals surface area contributed by atoms with Crippen LogP contribution in [-0.4, -0.2) is 6.04 Å². The smallest absolute Gasteiger partial charge is 0.0216 e. The summed E-state index contributed by atoms with van der Waals surface area (Å²) in [5, 5.41) is 8.31. The molecule has 104 valence electrons. The van der Waals surface area contributed by atoms with E-state index in [1.165, 1.54) is 24.8 Å². The van der Waals surface area contributed by atoms with Gasteiger partial charge in [0, 0.05) is 12.6 Å². The van der Waals surface area contributed by atoms with E-state index >= 15 is 0 Å². The molecule has 1 atom stereocenters. The van der Waals surface area contributed by atoms with Gasteiger partial charge in [-0.15, -0.1) is 0 Å². The van der Waals surface area contributed by atoms with E-state index in [2.05, 4.69) is 29.1 Å². The molecule has 0 spiro atoms. The van der Waals surface area contributed by atoms with E-state index in [1.54, 1.807) is 19.3 Å². The first kappa shape index (κ1) is 12.4. The van der Waals surface area contributed by atoms with Crippen LogP contribution in [0.4, 0.5) is 0 Å². The van der Waals surface area contributed by atoms with Crippen molar-refractivity contribution in [3.63, 3.8) is 0 Å². The molecule has 1 heterocycles. The third-order valence-electron chi connectivity index (χ3n) is 6.20. The normalized spacial score (nSPS) is 41.6. The zero-order chi connectivity index (χ0) is 12.9. The quantitative estimate of drug-likeness (QED) is 0.856. The Bertz CT molecular complexity index is 401. The third kappa shape index (κ3) is 2.17. The van der Waals surface area contributed by atoms with Crippen LogP contribution < -0.4 is 5.32 Å². The highest BCUT2D eigenvalue weighted by Crippen LogP contribution is 2.61. The van der Waals surface area contributed by atoms with Crippen LogP contribution in [0, 0.1) is 23.2 Å². The fraction of sp³-hybridized carbons (Fsp3) is 0.765. The summed E-state index contributed by atoms with van der Waals surface area (Å²) in [7, 11) is 0. The minimum Gasteiger partial charge on any atom is -0.310 e. The molecule has 0 saturated heterocycles. The van der Waals surface area contributed by atoms with Gasteiger partial charge in [-0.2, -0.15) is 11.3 Å². The Morgan fingerprint density at radius 3 is 2.37 bits per heavy atom. The van der Waals surface area contributed by atoms with Crippen LogP contribution in [0.25, 0.3) is 0 Å². The second kappa shape index (κ2) is 4.60. The fourth-order valence-corrected chi connectivity index (χ4v) is 6.26. The van der Waals surface area contributed by atoms with Crippen molar-refractivity contribution >= 4 is 11.3 Å². The highest BCUT2D eigenvalue weighted by molar-refractivity contribution is 7.07. The zero-order valence-corrected chi connectivity index (χ0v) is 12.7. The van der Waals surface area contributed by atoms with Gasteiger partial charge in [0.05, 0.1) is 0 Å². The van der Waals surface area contributed by atoms with Crippen LogP contribution in [0.3, 0.4) is 0 Å². The summed E-state index contributed by atoms with van der Waals surface area (Å²) < 4.78 is 0. The van der Waals surface area contributed by atoms with Crippen LogP contribution in [-0.2, 0) is 6.54 Å². The van der Waals surface area contributed by atoms with E-state index in [0.717, 1.165) is 24.3 Å². The standard InChI is InChI=1S/C17H25NS/c1-12(18-10-13-2-3-19-11-13)17-7-14-4-15(8-17)6-16(5-14)9-17/h2-3,11-12,14-16,18H,4-10H2,1H3. The Labute approximate surface area is 120 Å². The van der Waals surface area contributed by atoms with Crippen molar-refractivity contribution in [1.29, 1.82) is 0 Å². The fourth-order valence-electron chi connectivity index (χ4n) is 5.59. The molecule has 4 aliphatic carbocycles. The molecule has 0 amide bonds. The number of hydrogen-bond donors (Lipinski definition) is 1. The monoisotopic (exact) mass is 275 g/mol. The lowest BCUT2D eigenvalue weighted by molar-refractivity contribution is -0.0706. The summed E-state index contributed by atoms with van der Waals surface area (Å²) in [6.45, 7) is 3.52. The molecule has 0 radical (unpaired) electrons. The van der Waals surface area contributed by atoms with E-state index < -0.39 is 0 Å². The van der Waals surface area contributed by atoms with E-state index in [9.17, 15) is 0 Å². The molecule has 0 aromatic carbocycles. The minimum absolute atomic E-state index is 0.644. The van der Waals surface area contributed by atoms with Crippen molar-refractivity contribution in [3.8, 4) is 0 Å². The van der Waals surface area contributed by atoms with Crippen molar-refractivity contribution in [2.24, 2.45) is 23.2 Å². The molecule has 2 heteroatoms. The Morgan fingerprint density at radius 2 is 1.84 bits per heavy atom. The van der Waals surface area contributed by atoms with Gasteiger partial charge in [-0.05, 0) is 91.0 Å². The molecule has 1 aromatic rings. The second-order valence-corrected chi connectivity index (χ2v) is 8.29. The first-order chi connectivity index (χ1) is 9.23.